The van der Waals surface area contributed by atoms with Crippen LogP contribution in [-0.2, 0) is 0 Å². The van der Waals surface area contributed by atoms with Crippen molar-refractivity contribution in [2.75, 3.05) is 0 Å². The molecule has 0 fully saturated rings. The second-order valence-electron chi connectivity index (χ2n) is 6.89. The molecule has 4 aromatic rings. The van der Waals surface area contributed by atoms with Crippen molar-refractivity contribution in [2.45, 2.75) is 6.92 Å². The quantitative estimate of drug-likeness (QED) is 0.444. The molecule has 3 N–H and O–H groups in total. The molecule has 1 aromatic heterocycles. The van der Waals surface area contributed by atoms with E-state index in [4.69, 9.17) is 4.42 Å². The molecule has 0 aliphatic rings. The van der Waals surface area contributed by atoms with E-state index in [1.165, 1.54) is 30.3 Å². The molecular weight excluding hydrogens is 396 g/mol. The number of hydrogen-bond donors (Lipinski definition) is 3. The first-order chi connectivity index (χ1) is 15.0. The molecule has 3 aromatic carbocycles. The summed E-state index contributed by atoms with van der Waals surface area (Å²) in [6, 6.07) is 19.4. The second kappa shape index (κ2) is 8.16. The zero-order valence-electron chi connectivity index (χ0n) is 16.5. The van der Waals surface area contributed by atoms with Crippen LogP contribution < -0.4 is 16.3 Å². The van der Waals surface area contributed by atoms with Crippen LogP contribution in [0.15, 0.2) is 82.0 Å². The maximum Gasteiger partial charge on any atom is 0.273 e. The zero-order chi connectivity index (χ0) is 22.0. The van der Waals surface area contributed by atoms with E-state index in [9.17, 15) is 19.5 Å². The summed E-state index contributed by atoms with van der Waals surface area (Å²) in [5.41, 5.74) is 6.07. The SMILES string of the molecule is Cc1c(-c2ccccc2)oc2c(C(=O)NNC(=O)c3ccc(O)cc3)cccc2c1=O. The highest BCUT2D eigenvalue weighted by Gasteiger charge is 2.19. The van der Waals surface area contributed by atoms with Crippen LogP contribution in [0.3, 0.4) is 0 Å². The first-order valence-corrected chi connectivity index (χ1v) is 9.47. The molecule has 31 heavy (non-hydrogen) atoms. The number of nitrogens with one attached hydrogen (secondary N) is 2. The summed E-state index contributed by atoms with van der Waals surface area (Å²) >= 11 is 0. The van der Waals surface area contributed by atoms with Gasteiger partial charge in [-0.1, -0.05) is 36.4 Å². The Morgan fingerprint density at radius 3 is 2.23 bits per heavy atom. The van der Waals surface area contributed by atoms with Gasteiger partial charge in [-0.25, -0.2) is 0 Å². The molecule has 4 rings (SSSR count). The molecule has 0 saturated heterocycles. The summed E-state index contributed by atoms with van der Waals surface area (Å²) in [4.78, 5) is 37.9. The predicted octanol–water partition coefficient (Wildman–Crippen LogP) is 3.55. The molecule has 0 aliphatic carbocycles. The van der Waals surface area contributed by atoms with Gasteiger partial charge in [-0.05, 0) is 43.3 Å². The van der Waals surface area contributed by atoms with Crippen LogP contribution in [0.1, 0.15) is 26.3 Å². The van der Waals surface area contributed by atoms with Crippen molar-refractivity contribution in [2.24, 2.45) is 0 Å². The minimum atomic E-state index is -0.635. The first kappa shape index (κ1) is 19.9. The summed E-state index contributed by atoms with van der Waals surface area (Å²) < 4.78 is 6.02. The van der Waals surface area contributed by atoms with E-state index < -0.39 is 11.8 Å². The third-order valence-electron chi connectivity index (χ3n) is 4.84. The van der Waals surface area contributed by atoms with Gasteiger partial charge in [0.25, 0.3) is 11.8 Å². The van der Waals surface area contributed by atoms with Crippen molar-refractivity contribution >= 4 is 22.8 Å². The molecule has 0 unspecified atom stereocenters. The standard InChI is InChI=1S/C24H18N2O5/c1-14-20(28)18-8-5-9-19(22(18)31-21(14)15-6-3-2-4-7-15)24(30)26-25-23(29)16-10-12-17(27)13-11-16/h2-13,27H,1H3,(H,25,29)(H,26,30). The van der Waals surface area contributed by atoms with Crippen LogP contribution in [0.4, 0.5) is 0 Å². The lowest BCUT2D eigenvalue weighted by Gasteiger charge is -2.11. The monoisotopic (exact) mass is 414 g/mol. The van der Waals surface area contributed by atoms with Crippen molar-refractivity contribution in [3.05, 3.63) is 99.7 Å². The van der Waals surface area contributed by atoms with Gasteiger partial charge in [0.15, 0.2) is 11.0 Å². The van der Waals surface area contributed by atoms with Crippen molar-refractivity contribution in [3.8, 4) is 17.1 Å². The molecule has 7 heteroatoms. The zero-order valence-corrected chi connectivity index (χ0v) is 16.5. The number of para-hydroxylation sites is 1. The number of aromatic hydroxyl groups is 1. The Hall–Kier alpha value is -4.39. The molecule has 7 nitrogen and oxygen atoms in total. The van der Waals surface area contributed by atoms with E-state index in [2.05, 4.69) is 10.9 Å². The lowest BCUT2D eigenvalue weighted by atomic mass is 10.0. The van der Waals surface area contributed by atoms with Gasteiger partial charge in [0.05, 0.1) is 10.9 Å². The van der Waals surface area contributed by atoms with Crippen LogP contribution in [0.25, 0.3) is 22.3 Å². The number of benzene rings is 3. The highest BCUT2D eigenvalue weighted by Crippen LogP contribution is 2.27. The van der Waals surface area contributed by atoms with Gasteiger partial charge in [0.2, 0.25) is 0 Å². The third kappa shape index (κ3) is 3.89. The average Bonchev–Trinajstić information content (AvgIpc) is 2.80. The van der Waals surface area contributed by atoms with Crippen molar-refractivity contribution < 1.29 is 19.1 Å². The number of fused-ring (bicyclic) bond motifs is 1. The number of rotatable bonds is 3. The van der Waals surface area contributed by atoms with Gasteiger partial charge in [-0.15, -0.1) is 0 Å². The lowest BCUT2D eigenvalue weighted by Crippen LogP contribution is -2.41. The summed E-state index contributed by atoms with van der Waals surface area (Å²) in [5, 5.41) is 9.59. The van der Waals surface area contributed by atoms with Crippen molar-refractivity contribution in [1.82, 2.24) is 10.9 Å². The highest BCUT2D eigenvalue weighted by atomic mass is 16.3. The normalized spacial score (nSPS) is 10.6. The van der Waals surface area contributed by atoms with Crippen molar-refractivity contribution in [3.63, 3.8) is 0 Å². The minimum Gasteiger partial charge on any atom is -0.508 e. The topological polar surface area (TPSA) is 109 Å². The van der Waals surface area contributed by atoms with Crippen LogP contribution in [0.2, 0.25) is 0 Å². The second-order valence-corrected chi connectivity index (χ2v) is 6.89. The summed E-state index contributed by atoms with van der Waals surface area (Å²) in [7, 11) is 0. The van der Waals surface area contributed by atoms with Crippen molar-refractivity contribution in [1.29, 1.82) is 0 Å². The molecule has 0 spiro atoms. The van der Waals surface area contributed by atoms with E-state index in [0.717, 1.165) is 5.56 Å². The predicted molar refractivity (Wildman–Crippen MR) is 116 cm³/mol. The Bertz CT molecular complexity index is 1340. The smallest absolute Gasteiger partial charge is 0.273 e. The summed E-state index contributed by atoms with van der Waals surface area (Å²) in [6.45, 7) is 1.68. The Morgan fingerprint density at radius 1 is 0.839 bits per heavy atom. The maximum absolute atomic E-state index is 12.9. The van der Waals surface area contributed by atoms with Gasteiger partial charge in [-0.3, -0.25) is 25.2 Å². The number of phenols is 1. The van der Waals surface area contributed by atoms with E-state index >= 15 is 0 Å². The molecule has 1 heterocycles. The van der Waals surface area contributed by atoms with Gasteiger partial charge in [0, 0.05) is 16.7 Å². The number of hydrogen-bond acceptors (Lipinski definition) is 5. The average molecular weight is 414 g/mol. The largest absolute Gasteiger partial charge is 0.508 e. The Morgan fingerprint density at radius 2 is 1.52 bits per heavy atom. The Balaban J connectivity index is 1.68. The fourth-order valence-corrected chi connectivity index (χ4v) is 3.22. The maximum atomic E-state index is 12.9. The third-order valence-corrected chi connectivity index (χ3v) is 4.84. The van der Waals surface area contributed by atoms with E-state index in [1.807, 2.05) is 30.3 Å². The summed E-state index contributed by atoms with van der Waals surface area (Å²) in [5.74, 6) is -0.790. The Kier molecular flexibility index (Phi) is 5.24. The fraction of sp³-hybridized carbons (Fsp3) is 0.0417. The molecule has 0 aliphatic heterocycles. The molecule has 2 amide bonds. The summed E-state index contributed by atoms with van der Waals surface area (Å²) in [6.07, 6.45) is 0. The fourth-order valence-electron chi connectivity index (χ4n) is 3.22. The van der Waals surface area contributed by atoms with Gasteiger partial charge in [-0.2, -0.15) is 0 Å². The number of carbonyl (C=O) groups excluding carboxylic acids is 2. The van der Waals surface area contributed by atoms with Crippen LogP contribution >= 0.6 is 0 Å². The van der Waals surface area contributed by atoms with Gasteiger partial charge < -0.3 is 9.52 Å². The Labute approximate surface area is 176 Å². The molecule has 0 bridgehead atoms. The number of phenolic OH excluding ortho intramolecular Hbond substituents is 1. The van der Waals surface area contributed by atoms with Crippen LogP contribution in [0.5, 0.6) is 5.75 Å². The van der Waals surface area contributed by atoms with Gasteiger partial charge >= 0.3 is 0 Å². The van der Waals surface area contributed by atoms with E-state index in [0.29, 0.717) is 11.3 Å². The van der Waals surface area contributed by atoms with Gasteiger partial charge in [0.1, 0.15) is 11.5 Å². The first-order valence-electron chi connectivity index (χ1n) is 9.47. The van der Waals surface area contributed by atoms with E-state index in [1.54, 1.807) is 19.1 Å². The van der Waals surface area contributed by atoms with Crippen LogP contribution in [-0.4, -0.2) is 16.9 Å². The van der Waals surface area contributed by atoms with E-state index in [-0.39, 0.29) is 33.3 Å². The highest BCUT2D eigenvalue weighted by molar-refractivity contribution is 6.06. The minimum absolute atomic E-state index is 0.0240. The number of hydrazine groups is 1. The molecule has 0 saturated carbocycles. The molecule has 154 valence electrons. The number of amides is 2. The van der Waals surface area contributed by atoms with Crippen LogP contribution in [0, 0.1) is 6.92 Å². The number of carbonyl (C=O) groups is 2. The lowest BCUT2D eigenvalue weighted by molar-refractivity contribution is 0.0847. The molecule has 0 radical (unpaired) electrons. The molecule has 0 atom stereocenters. The molecular formula is C24H18N2O5.